The Labute approximate surface area is 113 Å². The summed E-state index contributed by atoms with van der Waals surface area (Å²) in [5, 5.41) is 0. The molecule has 100 valence electrons. The van der Waals surface area contributed by atoms with Crippen LogP contribution in [0, 0.1) is 0 Å². The van der Waals surface area contributed by atoms with Gasteiger partial charge in [-0.05, 0) is 31.9 Å². The van der Waals surface area contributed by atoms with E-state index < -0.39 is 0 Å². The van der Waals surface area contributed by atoms with Gasteiger partial charge in [0.05, 0.1) is 9.20 Å². The summed E-state index contributed by atoms with van der Waals surface area (Å²) in [6.45, 7) is 9.98. The van der Waals surface area contributed by atoms with Gasteiger partial charge in [0.2, 0.25) is 0 Å². The Balaban J connectivity index is 0.00000137. The number of thiazole rings is 1. The Morgan fingerprint density at radius 2 is 2.00 bits per heavy atom. The highest BCUT2D eigenvalue weighted by Crippen LogP contribution is 1.99. The van der Waals surface area contributed by atoms with E-state index in [1.165, 1.54) is 11.3 Å². The molecule has 1 rings (SSSR count). The average Bonchev–Trinajstić information content (AvgIpc) is 2.77. The summed E-state index contributed by atoms with van der Waals surface area (Å²) >= 11 is 1.48. The van der Waals surface area contributed by atoms with Gasteiger partial charge in [-0.3, -0.25) is 4.79 Å². The van der Waals surface area contributed by atoms with Gasteiger partial charge in [0.15, 0.2) is 0 Å². The third kappa shape index (κ3) is 5.32. The van der Waals surface area contributed by atoms with Crippen molar-refractivity contribution >= 4 is 23.5 Å². The number of hydrogen-bond donors (Lipinski definition) is 1. The zero-order valence-corrected chi connectivity index (χ0v) is 12.7. The highest BCUT2D eigenvalue weighted by Gasteiger charge is 1.93. The van der Waals surface area contributed by atoms with E-state index in [0.717, 1.165) is 21.2 Å². The summed E-state index contributed by atoms with van der Waals surface area (Å²) in [7, 11) is 0. The number of nitrogens with one attached hydrogen (secondary N) is 1. The molecule has 0 bridgehead atoms. The minimum atomic E-state index is -0.0117. The van der Waals surface area contributed by atoms with Crippen molar-refractivity contribution < 1.29 is 0 Å². The molecular weight excluding hydrogens is 242 g/mol. The van der Waals surface area contributed by atoms with Gasteiger partial charge >= 0.3 is 0 Å². The van der Waals surface area contributed by atoms with Gasteiger partial charge in [-0.1, -0.05) is 45.1 Å². The number of hydrogen-bond acceptors (Lipinski definition) is 2. The molecule has 0 spiro atoms. The predicted molar refractivity (Wildman–Crippen MR) is 83.3 cm³/mol. The Kier molecular flexibility index (Phi) is 8.93. The standard InChI is InChI=1S/C13H17NOS.C2H6/c1-4-7-8-10(5-2)9-11-13(15)14-12(6-3)16-11;1-2/h5-9H,4H2,1-3H3,(H,14,15);1-2H3/b8-7-,10-5+,11-9-,12-6+;. The monoisotopic (exact) mass is 265 g/mol. The van der Waals surface area contributed by atoms with Gasteiger partial charge in [0.1, 0.15) is 0 Å². The Hall–Kier alpha value is -1.35. The first-order chi connectivity index (χ1) is 8.71. The van der Waals surface area contributed by atoms with Crippen LogP contribution in [0.1, 0.15) is 41.0 Å². The first-order valence-corrected chi connectivity index (χ1v) is 7.23. The molecule has 2 nitrogen and oxygen atoms in total. The third-order valence-corrected chi connectivity index (χ3v) is 3.20. The molecule has 1 aromatic rings. The van der Waals surface area contributed by atoms with Crippen LogP contribution in [0.4, 0.5) is 0 Å². The number of allylic oxidation sites excluding steroid dienone is 4. The zero-order chi connectivity index (χ0) is 14.0. The van der Waals surface area contributed by atoms with Crippen molar-refractivity contribution in [1.29, 1.82) is 0 Å². The van der Waals surface area contributed by atoms with Crippen LogP contribution in [0.15, 0.2) is 28.6 Å². The fourth-order valence-corrected chi connectivity index (χ4v) is 2.06. The molecule has 0 aliphatic carbocycles. The molecule has 0 atom stereocenters. The van der Waals surface area contributed by atoms with Crippen LogP contribution in [-0.4, -0.2) is 4.98 Å². The lowest BCUT2D eigenvalue weighted by Gasteiger charge is -1.88. The average molecular weight is 265 g/mol. The van der Waals surface area contributed by atoms with Crippen LogP contribution in [0.5, 0.6) is 0 Å². The van der Waals surface area contributed by atoms with E-state index >= 15 is 0 Å². The van der Waals surface area contributed by atoms with Gasteiger partial charge in [-0.25, -0.2) is 0 Å². The molecule has 0 aliphatic rings. The summed E-state index contributed by atoms with van der Waals surface area (Å²) in [4.78, 5) is 14.4. The number of aromatic amines is 1. The molecule has 0 aromatic carbocycles. The van der Waals surface area contributed by atoms with Crippen LogP contribution in [0.3, 0.4) is 0 Å². The van der Waals surface area contributed by atoms with Crippen molar-refractivity contribution in [3.8, 4) is 0 Å². The third-order valence-electron chi connectivity index (χ3n) is 2.12. The molecule has 1 aromatic heterocycles. The van der Waals surface area contributed by atoms with Crippen LogP contribution < -0.4 is 14.8 Å². The van der Waals surface area contributed by atoms with Crippen molar-refractivity contribution in [3.05, 3.63) is 43.4 Å². The molecular formula is C15H23NOS. The van der Waals surface area contributed by atoms with Gasteiger partial charge in [0.25, 0.3) is 5.56 Å². The predicted octanol–water partition coefficient (Wildman–Crippen LogP) is 2.96. The second kappa shape index (κ2) is 9.66. The van der Waals surface area contributed by atoms with E-state index in [1.807, 2.05) is 52.0 Å². The second-order valence-corrected chi connectivity index (χ2v) is 4.40. The molecule has 0 saturated heterocycles. The number of aromatic nitrogens is 1. The molecule has 1 heterocycles. The van der Waals surface area contributed by atoms with Gasteiger partial charge in [-0.15, -0.1) is 11.3 Å². The molecule has 0 unspecified atom stereocenters. The molecule has 18 heavy (non-hydrogen) atoms. The second-order valence-electron chi connectivity index (χ2n) is 3.32. The summed E-state index contributed by atoms with van der Waals surface area (Å²) in [5.41, 5.74) is 1.05. The first-order valence-electron chi connectivity index (χ1n) is 6.41. The van der Waals surface area contributed by atoms with Crippen LogP contribution in [0.2, 0.25) is 0 Å². The molecule has 0 radical (unpaired) electrons. The van der Waals surface area contributed by atoms with Crippen LogP contribution >= 0.6 is 11.3 Å². The van der Waals surface area contributed by atoms with Crippen LogP contribution in [-0.2, 0) is 0 Å². The summed E-state index contributed by atoms with van der Waals surface area (Å²) < 4.78 is 1.66. The largest absolute Gasteiger partial charge is 0.313 e. The number of rotatable bonds is 3. The lowest BCUT2D eigenvalue weighted by molar-refractivity contribution is 1.22. The fraction of sp³-hybridized carbons (Fsp3) is 0.400. The molecule has 0 aliphatic heterocycles. The maximum Gasteiger partial charge on any atom is 0.266 e. The minimum Gasteiger partial charge on any atom is -0.313 e. The molecule has 0 amide bonds. The van der Waals surface area contributed by atoms with Crippen LogP contribution in [0.25, 0.3) is 12.2 Å². The Bertz CT molecular complexity index is 558. The SMILES string of the molecule is C/C=C(\C=C/CC)/C=c1\s/c(=C/C)[nH]c1=O.CC. The van der Waals surface area contributed by atoms with Crippen molar-refractivity contribution in [2.45, 2.75) is 41.0 Å². The Morgan fingerprint density at radius 1 is 1.33 bits per heavy atom. The van der Waals surface area contributed by atoms with E-state index in [9.17, 15) is 4.79 Å². The topological polar surface area (TPSA) is 32.9 Å². The molecule has 0 fully saturated rings. The van der Waals surface area contributed by atoms with Gasteiger partial charge in [0, 0.05) is 0 Å². The smallest absolute Gasteiger partial charge is 0.266 e. The lowest BCUT2D eigenvalue weighted by Crippen LogP contribution is -2.19. The van der Waals surface area contributed by atoms with E-state index in [2.05, 4.69) is 18.0 Å². The van der Waals surface area contributed by atoms with Crippen molar-refractivity contribution in [3.63, 3.8) is 0 Å². The van der Waals surface area contributed by atoms with Crippen molar-refractivity contribution in [2.75, 3.05) is 0 Å². The van der Waals surface area contributed by atoms with Crippen molar-refractivity contribution in [1.82, 2.24) is 4.98 Å². The van der Waals surface area contributed by atoms with Gasteiger partial charge < -0.3 is 4.98 Å². The van der Waals surface area contributed by atoms with E-state index in [0.29, 0.717) is 0 Å². The summed E-state index contributed by atoms with van der Waals surface area (Å²) in [5.74, 6) is 0. The zero-order valence-electron chi connectivity index (χ0n) is 11.9. The maximum atomic E-state index is 11.6. The minimum absolute atomic E-state index is 0.0117. The molecule has 1 N–H and O–H groups in total. The molecule has 0 saturated carbocycles. The number of H-pyrrole nitrogens is 1. The Morgan fingerprint density at radius 3 is 2.44 bits per heavy atom. The van der Waals surface area contributed by atoms with E-state index in [4.69, 9.17) is 0 Å². The van der Waals surface area contributed by atoms with Crippen molar-refractivity contribution in [2.24, 2.45) is 0 Å². The lowest BCUT2D eigenvalue weighted by atomic mass is 10.2. The maximum absolute atomic E-state index is 11.6. The van der Waals surface area contributed by atoms with E-state index in [1.54, 1.807) is 0 Å². The summed E-state index contributed by atoms with van der Waals surface area (Å²) in [6, 6.07) is 0. The normalized spacial score (nSPS) is 13.9. The molecule has 3 heteroatoms. The van der Waals surface area contributed by atoms with E-state index in [-0.39, 0.29) is 5.56 Å². The highest BCUT2D eigenvalue weighted by atomic mass is 32.1. The first kappa shape index (κ1) is 16.6. The quantitative estimate of drug-likeness (QED) is 0.837. The van der Waals surface area contributed by atoms with Gasteiger partial charge in [-0.2, -0.15) is 0 Å². The highest BCUT2D eigenvalue weighted by molar-refractivity contribution is 7.07. The fourth-order valence-electron chi connectivity index (χ4n) is 1.22. The summed E-state index contributed by atoms with van der Waals surface area (Å²) in [6.07, 6.45) is 10.9.